The predicted molar refractivity (Wildman–Crippen MR) is 118 cm³/mol. The number of pyridine rings is 1. The van der Waals surface area contributed by atoms with E-state index < -0.39 is 5.54 Å². The van der Waals surface area contributed by atoms with E-state index in [1.807, 2.05) is 13.0 Å². The summed E-state index contributed by atoms with van der Waals surface area (Å²) in [5.74, 6) is 0.0490. The van der Waals surface area contributed by atoms with Gasteiger partial charge in [0.25, 0.3) is 5.91 Å². The van der Waals surface area contributed by atoms with Crippen LogP contribution >= 0.6 is 0 Å². The van der Waals surface area contributed by atoms with Crippen molar-refractivity contribution in [2.45, 2.75) is 50.7 Å². The van der Waals surface area contributed by atoms with Crippen LogP contribution in [-0.4, -0.2) is 17.6 Å². The second-order valence-electron chi connectivity index (χ2n) is 8.23. The van der Waals surface area contributed by atoms with Gasteiger partial charge in [-0.3, -0.25) is 14.8 Å². The molecule has 1 aromatic carbocycles. The maximum atomic E-state index is 13.2. The smallest absolute Gasteiger partial charge is 0.252 e. The fourth-order valence-electron chi connectivity index (χ4n) is 3.94. The summed E-state index contributed by atoms with van der Waals surface area (Å²) >= 11 is 0. The fourth-order valence-corrected chi connectivity index (χ4v) is 3.94. The predicted octanol–water partition coefficient (Wildman–Crippen LogP) is 5.15. The maximum absolute atomic E-state index is 13.2. The zero-order valence-electron chi connectivity index (χ0n) is 17.7. The normalized spacial score (nSPS) is 19.2. The van der Waals surface area contributed by atoms with Crippen molar-refractivity contribution >= 4 is 12.6 Å². The first-order valence-electron chi connectivity index (χ1n) is 10.5. The number of fused-ring (bicyclic) bond motifs is 1. The van der Waals surface area contributed by atoms with E-state index in [0.29, 0.717) is 11.3 Å². The number of nitrogens with zero attached hydrogens (tertiary/aromatic N) is 2. The molecule has 4 rings (SSSR count). The molecule has 5 nitrogen and oxygen atoms in total. The molecule has 160 valence electrons. The van der Waals surface area contributed by atoms with Gasteiger partial charge < -0.3 is 10.1 Å². The van der Waals surface area contributed by atoms with Crippen LogP contribution in [0.2, 0.25) is 0 Å². The molecule has 1 aromatic heterocycles. The number of halogens is 1. The van der Waals surface area contributed by atoms with Gasteiger partial charge in [-0.05, 0) is 81.7 Å². The highest BCUT2D eigenvalue weighted by Crippen LogP contribution is 2.46. The van der Waals surface area contributed by atoms with E-state index >= 15 is 0 Å². The van der Waals surface area contributed by atoms with Gasteiger partial charge >= 0.3 is 0 Å². The van der Waals surface area contributed by atoms with Crippen molar-refractivity contribution in [3.05, 3.63) is 88.8 Å². The van der Waals surface area contributed by atoms with Gasteiger partial charge in [-0.1, -0.05) is 12.6 Å². The quantitative estimate of drug-likeness (QED) is 0.383. The molecule has 1 heterocycles. The average Bonchev–Trinajstić information content (AvgIpc) is 3.54. The van der Waals surface area contributed by atoms with Gasteiger partial charge in [0, 0.05) is 16.8 Å². The molecule has 2 aliphatic carbocycles. The molecule has 1 amide bonds. The van der Waals surface area contributed by atoms with E-state index in [0.717, 1.165) is 54.6 Å². The summed E-state index contributed by atoms with van der Waals surface area (Å²) in [5.41, 5.74) is 3.71. The third-order valence-corrected chi connectivity index (χ3v) is 5.83. The Morgan fingerprint density at radius 2 is 2.03 bits per heavy atom. The Bertz CT molecular complexity index is 1050. The second-order valence-corrected chi connectivity index (χ2v) is 8.23. The van der Waals surface area contributed by atoms with Crippen molar-refractivity contribution in [3.8, 4) is 0 Å². The largest absolute Gasteiger partial charge is 0.484 e. The van der Waals surface area contributed by atoms with Gasteiger partial charge in [0.05, 0.1) is 17.4 Å². The van der Waals surface area contributed by atoms with Crippen LogP contribution in [0.15, 0.2) is 65.5 Å². The summed E-state index contributed by atoms with van der Waals surface area (Å²) in [7, 11) is 0. The zero-order valence-corrected chi connectivity index (χ0v) is 17.7. The topological polar surface area (TPSA) is 63.6 Å². The number of allylic oxidation sites excluding steroid dienone is 1. The fraction of sp³-hybridized carbons (Fsp3) is 0.320. The van der Waals surface area contributed by atoms with Crippen molar-refractivity contribution in [2.75, 3.05) is 0 Å². The van der Waals surface area contributed by atoms with Gasteiger partial charge in [0.2, 0.25) is 0 Å². The van der Waals surface area contributed by atoms with E-state index in [9.17, 15) is 9.18 Å². The number of hydrogen-bond donors (Lipinski definition) is 1. The number of aryl methyl sites for hydroxylation is 1. The monoisotopic (exact) mass is 419 g/mol. The third-order valence-electron chi connectivity index (χ3n) is 5.83. The average molecular weight is 420 g/mol. The molecule has 6 heteroatoms. The lowest BCUT2D eigenvalue weighted by molar-refractivity contribution is 0.0928. The Hall–Kier alpha value is -3.28. The lowest BCUT2D eigenvalue weighted by Crippen LogP contribution is -2.36. The molecule has 0 saturated heterocycles. The lowest BCUT2D eigenvalue weighted by Gasteiger charge is -2.28. The summed E-state index contributed by atoms with van der Waals surface area (Å²) < 4.78 is 19.3. The number of amides is 1. The lowest BCUT2D eigenvalue weighted by atomic mass is 9.92. The number of hydrogen-bond acceptors (Lipinski definition) is 4. The van der Waals surface area contributed by atoms with Crippen LogP contribution < -0.4 is 5.32 Å². The molecule has 1 atom stereocenters. The molecule has 0 aliphatic heterocycles. The van der Waals surface area contributed by atoms with Crippen LogP contribution in [0, 0.1) is 5.82 Å². The van der Waals surface area contributed by atoms with Crippen molar-refractivity contribution < 1.29 is 13.9 Å². The van der Waals surface area contributed by atoms with Gasteiger partial charge in [-0.25, -0.2) is 4.39 Å². The molecule has 2 aromatic rings. The van der Waals surface area contributed by atoms with E-state index in [1.54, 1.807) is 6.20 Å². The molecular formula is C25H26FN3O2. The Labute approximate surface area is 181 Å². The molecular weight excluding hydrogens is 393 g/mol. The number of carbonyl (C=O) groups excluding carboxylic acids is 1. The number of carbonyl (C=O) groups is 1. The molecule has 1 unspecified atom stereocenters. The first-order chi connectivity index (χ1) is 14.9. The minimum Gasteiger partial charge on any atom is -0.484 e. The first kappa shape index (κ1) is 21.0. The molecule has 1 fully saturated rings. The Balaban J connectivity index is 1.54. The summed E-state index contributed by atoms with van der Waals surface area (Å²) in [5, 5.41) is 3.11. The summed E-state index contributed by atoms with van der Waals surface area (Å²) in [4.78, 5) is 21.4. The van der Waals surface area contributed by atoms with Crippen LogP contribution in [0.3, 0.4) is 0 Å². The summed E-state index contributed by atoms with van der Waals surface area (Å²) in [6.07, 6.45) is 5.87. The highest BCUT2D eigenvalue weighted by molar-refractivity contribution is 5.95. The second kappa shape index (κ2) is 8.46. The number of aromatic nitrogens is 1. The zero-order chi connectivity index (χ0) is 22.0. The Kier molecular flexibility index (Phi) is 5.72. The molecule has 0 spiro atoms. The van der Waals surface area contributed by atoms with E-state index in [2.05, 4.69) is 29.7 Å². The maximum Gasteiger partial charge on any atom is 0.252 e. The molecule has 0 radical (unpaired) electrons. The number of aliphatic imine (C=N–C) groups is 1. The van der Waals surface area contributed by atoms with Crippen molar-refractivity contribution in [2.24, 2.45) is 4.99 Å². The molecule has 2 aliphatic rings. The van der Waals surface area contributed by atoms with Crippen LogP contribution in [0.1, 0.15) is 66.0 Å². The molecule has 31 heavy (non-hydrogen) atoms. The van der Waals surface area contributed by atoms with Crippen molar-refractivity contribution in [3.63, 3.8) is 0 Å². The van der Waals surface area contributed by atoms with Crippen LogP contribution in [0.5, 0.6) is 0 Å². The number of nitrogens with one attached hydrogen (secondary N) is 1. The number of ether oxygens (including phenoxy) is 1. The number of rotatable bonds is 7. The minimum atomic E-state index is -0.455. The highest BCUT2D eigenvalue weighted by Gasteiger charge is 2.47. The summed E-state index contributed by atoms with van der Waals surface area (Å²) in [6, 6.07) is 9.61. The Morgan fingerprint density at radius 3 is 2.68 bits per heavy atom. The third kappa shape index (κ3) is 4.43. The standard InChI is InChI=1S/C25H26FN3O2/c1-16(2)22(15-27-3)31-21-6-4-5-20-19(21)11-12-23(28-20)25(13-14-25)29-24(30)17-7-9-18(26)10-8-17/h7-12,15,21H,1,3-6,13-14H2,2H3,(H,29,30)/b22-15+. The van der Waals surface area contributed by atoms with Crippen molar-refractivity contribution in [1.29, 1.82) is 0 Å². The van der Waals surface area contributed by atoms with Crippen LogP contribution in [0.25, 0.3) is 0 Å². The van der Waals surface area contributed by atoms with Gasteiger partial charge in [-0.2, -0.15) is 0 Å². The number of benzene rings is 1. The minimum absolute atomic E-state index is 0.112. The van der Waals surface area contributed by atoms with Gasteiger partial charge in [0.1, 0.15) is 17.7 Å². The van der Waals surface area contributed by atoms with Crippen LogP contribution in [0.4, 0.5) is 4.39 Å². The van der Waals surface area contributed by atoms with E-state index in [4.69, 9.17) is 9.72 Å². The molecule has 1 saturated carbocycles. The summed E-state index contributed by atoms with van der Waals surface area (Å²) in [6.45, 7) is 9.33. The first-order valence-corrected chi connectivity index (χ1v) is 10.5. The molecule has 0 bridgehead atoms. The van der Waals surface area contributed by atoms with Crippen LogP contribution in [-0.2, 0) is 16.7 Å². The van der Waals surface area contributed by atoms with Gasteiger partial charge in [-0.15, -0.1) is 0 Å². The van der Waals surface area contributed by atoms with E-state index in [1.165, 1.54) is 24.3 Å². The van der Waals surface area contributed by atoms with E-state index in [-0.39, 0.29) is 17.8 Å². The SMILES string of the molecule is C=N/C=C(/OC1CCCc2nc(C3(NC(=O)c4ccc(F)cc4)CC3)ccc21)C(=C)C. The van der Waals surface area contributed by atoms with Gasteiger partial charge in [0.15, 0.2) is 0 Å². The highest BCUT2D eigenvalue weighted by atomic mass is 19.1. The molecule has 1 N–H and O–H groups in total. The van der Waals surface area contributed by atoms with Crippen molar-refractivity contribution in [1.82, 2.24) is 10.3 Å². The Morgan fingerprint density at radius 1 is 1.29 bits per heavy atom.